The van der Waals surface area contributed by atoms with Gasteiger partial charge in [-0.3, -0.25) is 9.48 Å². The minimum Gasteiger partial charge on any atom is -0.444 e. The highest BCUT2D eigenvalue weighted by atomic mass is 16.6. The fraction of sp³-hybridized carbons (Fsp3) is 0.391. The maximum atomic E-state index is 13.0. The maximum absolute atomic E-state index is 13.0. The molecule has 0 aromatic carbocycles. The molecular weight excluding hydrogens is 464 g/mol. The van der Waals surface area contributed by atoms with Gasteiger partial charge in [-0.05, 0) is 45.0 Å². The lowest BCUT2D eigenvalue weighted by atomic mass is 10.2. The summed E-state index contributed by atoms with van der Waals surface area (Å²) in [5.41, 5.74) is 0.373. The van der Waals surface area contributed by atoms with Gasteiger partial charge in [-0.1, -0.05) is 0 Å². The molecule has 0 unspecified atom stereocenters. The zero-order chi connectivity index (χ0) is 26.3. The van der Waals surface area contributed by atoms with Crippen LogP contribution in [0.1, 0.15) is 31.1 Å². The fourth-order valence-corrected chi connectivity index (χ4v) is 2.96. The van der Waals surface area contributed by atoms with Crippen LogP contribution in [-0.2, 0) is 11.3 Å². The number of rotatable bonds is 9. The number of hydrogen-bond donors (Lipinski definition) is 4. The molecule has 192 valence electrons. The molecular formula is C23H32N10O3. The zero-order valence-electron chi connectivity index (χ0n) is 21.3. The Morgan fingerprint density at radius 1 is 1.08 bits per heavy atom. The summed E-state index contributed by atoms with van der Waals surface area (Å²) in [6.45, 7) is 6.18. The number of amides is 2. The van der Waals surface area contributed by atoms with Crippen molar-refractivity contribution in [1.82, 2.24) is 30.3 Å². The largest absolute Gasteiger partial charge is 0.444 e. The number of pyridine rings is 1. The van der Waals surface area contributed by atoms with E-state index in [0.29, 0.717) is 47.6 Å². The summed E-state index contributed by atoms with van der Waals surface area (Å²) < 4.78 is 6.88. The van der Waals surface area contributed by atoms with E-state index in [1.54, 1.807) is 69.2 Å². The summed E-state index contributed by atoms with van der Waals surface area (Å²) in [7, 11) is 5.45. The summed E-state index contributed by atoms with van der Waals surface area (Å²) in [5.74, 6) is 1.52. The second-order valence-corrected chi connectivity index (χ2v) is 9.01. The third-order valence-corrected chi connectivity index (χ3v) is 4.65. The van der Waals surface area contributed by atoms with Crippen molar-refractivity contribution in [1.29, 1.82) is 0 Å². The van der Waals surface area contributed by atoms with Crippen LogP contribution in [0.2, 0.25) is 0 Å². The van der Waals surface area contributed by atoms with Crippen LogP contribution in [0, 0.1) is 0 Å². The first-order valence-electron chi connectivity index (χ1n) is 11.3. The molecule has 13 heteroatoms. The molecule has 3 rings (SSSR count). The van der Waals surface area contributed by atoms with Crippen LogP contribution in [0.5, 0.6) is 0 Å². The number of carbonyl (C=O) groups excluding carboxylic acids is 2. The van der Waals surface area contributed by atoms with Crippen molar-refractivity contribution < 1.29 is 14.3 Å². The Labute approximate surface area is 209 Å². The van der Waals surface area contributed by atoms with Gasteiger partial charge in [0.05, 0.1) is 24.0 Å². The van der Waals surface area contributed by atoms with E-state index < -0.39 is 17.6 Å². The summed E-state index contributed by atoms with van der Waals surface area (Å²) in [4.78, 5) is 31.1. The molecule has 3 aromatic rings. The second-order valence-electron chi connectivity index (χ2n) is 9.01. The monoisotopic (exact) mass is 496 g/mol. The minimum absolute atomic E-state index is 0.312. The molecule has 0 aliphatic carbocycles. The van der Waals surface area contributed by atoms with Crippen molar-refractivity contribution in [3.05, 3.63) is 42.2 Å². The standard InChI is InChI=1S/C23H32N10O3/c1-23(2,3)36-22(35)25-11-12-33-14-15(13-26-33)27-20-16(7-8-17(24-4)28-20)21(34)29-18-9-10-19(31-30-18)32(5)6/h7-10,13-14H,11-12H2,1-6H3,(H,25,35)(H2,24,27,28)(H,29,30,34). The second kappa shape index (κ2) is 11.3. The molecule has 0 bridgehead atoms. The highest BCUT2D eigenvalue weighted by molar-refractivity contribution is 6.07. The van der Waals surface area contributed by atoms with Gasteiger partial charge in [0, 0.05) is 33.9 Å². The van der Waals surface area contributed by atoms with Crippen LogP contribution >= 0.6 is 0 Å². The van der Waals surface area contributed by atoms with Gasteiger partial charge in [0.1, 0.15) is 17.2 Å². The quantitative estimate of drug-likeness (QED) is 0.348. The molecule has 3 heterocycles. The molecule has 0 spiro atoms. The van der Waals surface area contributed by atoms with Crippen molar-refractivity contribution >= 4 is 41.0 Å². The number of ether oxygens (including phenoxy) is 1. The van der Waals surface area contributed by atoms with Gasteiger partial charge >= 0.3 is 6.09 Å². The van der Waals surface area contributed by atoms with E-state index in [9.17, 15) is 9.59 Å². The Morgan fingerprint density at radius 3 is 2.47 bits per heavy atom. The molecule has 0 atom stereocenters. The van der Waals surface area contributed by atoms with Gasteiger partial charge in [0.2, 0.25) is 0 Å². The first-order chi connectivity index (χ1) is 17.0. The molecule has 0 radical (unpaired) electrons. The molecule has 0 fully saturated rings. The van der Waals surface area contributed by atoms with Crippen molar-refractivity contribution in [2.45, 2.75) is 32.9 Å². The highest BCUT2D eigenvalue weighted by Gasteiger charge is 2.17. The number of aromatic nitrogens is 5. The Balaban J connectivity index is 1.67. The van der Waals surface area contributed by atoms with E-state index in [-0.39, 0.29) is 0 Å². The number of carbonyl (C=O) groups is 2. The molecule has 0 aliphatic heterocycles. The Morgan fingerprint density at radius 2 is 1.83 bits per heavy atom. The molecule has 0 saturated heterocycles. The smallest absolute Gasteiger partial charge is 0.407 e. The maximum Gasteiger partial charge on any atom is 0.407 e. The van der Waals surface area contributed by atoms with Crippen LogP contribution < -0.4 is 26.2 Å². The number of anilines is 5. The molecule has 0 saturated carbocycles. The topological polar surface area (TPSA) is 151 Å². The Hall–Kier alpha value is -4.42. The fourth-order valence-electron chi connectivity index (χ4n) is 2.96. The van der Waals surface area contributed by atoms with Gasteiger partial charge in [0.25, 0.3) is 5.91 Å². The normalized spacial score (nSPS) is 10.9. The lowest BCUT2D eigenvalue weighted by molar-refractivity contribution is 0.0525. The third kappa shape index (κ3) is 7.55. The molecule has 4 N–H and O–H groups in total. The predicted molar refractivity (Wildman–Crippen MR) is 138 cm³/mol. The zero-order valence-corrected chi connectivity index (χ0v) is 21.3. The predicted octanol–water partition coefficient (Wildman–Crippen LogP) is 2.70. The average Bonchev–Trinajstić information content (AvgIpc) is 3.25. The van der Waals surface area contributed by atoms with Crippen LogP contribution in [0.4, 0.5) is 33.8 Å². The minimum atomic E-state index is -0.562. The molecule has 0 aliphatic rings. The third-order valence-electron chi connectivity index (χ3n) is 4.65. The van der Waals surface area contributed by atoms with E-state index in [2.05, 4.69) is 41.5 Å². The van der Waals surface area contributed by atoms with Crippen LogP contribution in [0.15, 0.2) is 36.7 Å². The number of hydrogen-bond acceptors (Lipinski definition) is 10. The highest BCUT2D eigenvalue weighted by Crippen LogP contribution is 2.22. The van der Waals surface area contributed by atoms with Crippen LogP contribution in [0.25, 0.3) is 0 Å². The molecule has 3 aromatic heterocycles. The first-order valence-corrected chi connectivity index (χ1v) is 11.3. The summed E-state index contributed by atoms with van der Waals surface area (Å²) in [6, 6.07) is 6.80. The summed E-state index contributed by atoms with van der Waals surface area (Å²) in [6.07, 6.45) is 2.86. The number of nitrogens with zero attached hydrogens (tertiary/aromatic N) is 6. The number of alkyl carbamates (subject to hydrolysis) is 1. The SMILES string of the molecule is CNc1ccc(C(=O)Nc2ccc(N(C)C)nn2)c(Nc2cnn(CCNC(=O)OC(C)(C)C)c2)n1. The van der Waals surface area contributed by atoms with E-state index in [0.717, 1.165) is 0 Å². The van der Waals surface area contributed by atoms with Crippen molar-refractivity contribution in [2.24, 2.45) is 0 Å². The van der Waals surface area contributed by atoms with Crippen molar-refractivity contribution in [2.75, 3.05) is 48.5 Å². The lowest BCUT2D eigenvalue weighted by Gasteiger charge is -2.19. The Kier molecular flexibility index (Phi) is 8.25. The van der Waals surface area contributed by atoms with Gasteiger partial charge in [-0.25, -0.2) is 9.78 Å². The van der Waals surface area contributed by atoms with Gasteiger partial charge in [0.15, 0.2) is 11.6 Å². The van der Waals surface area contributed by atoms with Gasteiger partial charge < -0.3 is 30.9 Å². The summed E-state index contributed by atoms with van der Waals surface area (Å²) in [5, 5.41) is 23.9. The van der Waals surface area contributed by atoms with E-state index in [1.807, 2.05) is 19.0 Å². The van der Waals surface area contributed by atoms with Gasteiger partial charge in [-0.15, -0.1) is 10.2 Å². The van der Waals surface area contributed by atoms with Gasteiger partial charge in [-0.2, -0.15) is 5.10 Å². The molecule has 2 amide bonds. The number of nitrogens with one attached hydrogen (secondary N) is 4. The summed E-state index contributed by atoms with van der Waals surface area (Å²) >= 11 is 0. The molecule has 13 nitrogen and oxygen atoms in total. The first kappa shape index (κ1) is 26.2. The van der Waals surface area contributed by atoms with Crippen molar-refractivity contribution in [3.8, 4) is 0 Å². The van der Waals surface area contributed by atoms with E-state index in [4.69, 9.17) is 4.74 Å². The van der Waals surface area contributed by atoms with E-state index >= 15 is 0 Å². The molecule has 36 heavy (non-hydrogen) atoms. The van der Waals surface area contributed by atoms with Crippen LogP contribution in [-0.4, -0.2) is 70.3 Å². The van der Waals surface area contributed by atoms with Crippen molar-refractivity contribution in [3.63, 3.8) is 0 Å². The van der Waals surface area contributed by atoms with Crippen LogP contribution in [0.3, 0.4) is 0 Å². The van der Waals surface area contributed by atoms with E-state index in [1.165, 1.54) is 0 Å². The average molecular weight is 497 g/mol. The Bertz CT molecular complexity index is 1190. The lowest BCUT2D eigenvalue weighted by Crippen LogP contribution is -2.34.